The molecule has 1 heterocycles. The highest BCUT2D eigenvalue weighted by atomic mass is 35.5. The average molecular weight is 336 g/mol. The zero-order valence-corrected chi connectivity index (χ0v) is 14.1. The van der Waals surface area contributed by atoms with Gasteiger partial charge in [-0.25, -0.2) is 0 Å². The molecule has 0 bridgehead atoms. The van der Waals surface area contributed by atoms with Crippen LogP contribution in [0.4, 0.5) is 0 Å². The number of nitrogens with two attached hydrogens (primary N) is 1. The van der Waals surface area contributed by atoms with Crippen molar-refractivity contribution in [2.45, 2.75) is 6.54 Å². The molecule has 0 saturated carbocycles. The smallest absolute Gasteiger partial charge is 0.0594 e. The van der Waals surface area contributed by atoms with Crippen LogP contribution in [0.15, 0.2) is 30.3 Å². The van der Waals surface area contributed by atoms with E-state index in [0.717, 1.165) is 59.0 Å². The number of hydrogen-bond acceptors (Lipinski definition) is 4. The van der Waals surface area contributed by atoms with Crippen LogP contribution in [-0.2, 0) is 11.3 Å². The molecule has 122 valence electrons. The van der Waals surface area contributed by atoms with Gasteiger partial charge in [0.05, 0.1) is 13.2 Å². The van der Waals surface area contributed by atoms with Crippen molar-refractivity contribution < 1.29 is 4.74 Å². The van der Waals surface area contributed by atoms with Crippen LogP contribution in [-0.4, -0.2) is 62.3 Å². The van der Waals surface area contributed by atoms with E-state index in [2.05, 4.69) is 40.1 Å². The molecule has 0 spiro atoms. The zero-order chi connectivity index (χ0) is 13.3. The fourth-order valence-electron chi connectivity index (χ4n) is 2.40. The van der Waals surface area contributed by atoms with Gasteiger partial charge in [-0.05, 0) is 5.56 Å². The van der Waals surface area contributed by atoms with Crippen molar-refractivity contribution in [2.75, 3.05) is 52.5 Å². The Hall–Kier alpha value is -0.360. The molecule has 1 aliphatic rings. The standard InChI is InChI=1S/C15H25N3O.2ClH/c16-6-7-18(14-15-4-2-1-3-5-15)9-8-17-10-12-19-13-11-17;;/h1-5H,6-14,16H2;2*1H. The average Bonchev–Trinajstić information content (AvgIpc) is 2.47. The Morgan fingerprint density at radius 3 is 2.33 bits per heavy atom. The topological polar surface area (TPSA) is 41.7 Å². The van der Waals surface area contributed by atoms with Gasteiger partial charge in [0.2, 0.25) is 0 Å². The maximum Gasteiger partial charge on any atom is 0.0594 e. The van der Waals surface area contributed by atoms with Crippen LogP contribution in [0.1, 0.15) is 5.56 Å². The lowest BCUT2D eigenvalue weighted by molar-refractivity contribution is 0.0331. The summed E-state index contributed by atoms with van der Waals surface area (Å²) in [6.45, 7) is 8.70. The van der Waals surface area contributed by atoms with Crippen LogP contribution in [0.2, 0.25) is 0 Å². The van der Waals surface area contributed by atoms with Gasteiger partial charge >= 0.3 is 0 Å². The van der Waals surface area contributed by atoms with Gasteiger partial charge < -0.3 is 10.5 Å². The lowest BCUT2D eigenvalue weighted by Gasteiger charge is -2.30. The summed E-state index contributed by atoms with van der Waals surface area (Å²) in [4.78, 5) is 4.91. The summed E-state index contributed by atoms with van der Waals surface area (Å²) in [6, 6.07) is 10.6. The van der Waals surface area contributed by atoms with E-state index in [9.17, 15) is 0 Å². The second kappa shape index (κ2) is 12.2. The summed E-state index contributed by atoms with van der Waals surface area (Å²) in [6.07, 6.45) is 0. The van der Waals surface area contributed by atoms with E-state index in [1.807, 2.05) is 0 Å². The molecular weight excluding hydrogens is 309 g/mol. The number of hydrogen-bond donors (Lipinski definition) is 1. The summed E-state index contributed by atoms with van der Waals surface area (Å²) in [5.41, 5.74) is 7.08. The molecule has 6 heteroatoms. The molecule has 0 aliphatic carbocycles. The Morgan fingerprint density at radius 1 is 1.05 bits per heavy atom. The molecule has 0 unspecified atom stereocenters. The first kappa shape index (κ1) is 20.6. The van der Waals surface area contributed by atoms with Gasteiger partial charge in [0.25, 0.3) is 0 Å². The molecule has 1 aromatic rings. The third kappa shape index (κ3) is 8.00. The molecule has 1 aliphatic heterocycles. The maximum atomic E-state index is 5.72. The molecule has 4 nitrogen and oxygen atoms in total. The first-order valence-electron chi connectivity index (χ1n) is 7.15. The quantitative estimate of drug-likeness (QED) is 0.822. The molecule has 21 heavy (non-hydrogen) atoms. The Bertz CT molecular complexity index is 348. The summed E-state index contributed by atoms with van der Waals surface area (Å²) in [5, 5.41) is 0. The summed E-state index contributed by atoms with van der Waals surface area (Å²) in [7, 11) is 0. The van der Waals surface area contributed by atoms with Gasteiger partial charge in [-0.1, -0.05) is 30.3 Å². The van der Waals surface area contributed by atoms with Crippen molar-refractivity contribution in [1.82, 2.24) is 9.80 Å². The molecule has 0 amide bonds. The van der Waals surface area contributed by atoms with E-state index >= 15 is 0 Å². The minimum absolute atomic E-state index is 0. The highest BCUT2D eigenvalue weighted by molar-refractivity contribution is 5.85. The molecule has 0 aromatic heterocycles. The van der Waals surface area contributed by atoms with E-state index in [1.54, 1.807) is 0 Å². The Labute approximate surface area is 140 Å². The second-order valence-corrected chi connectivity index (χ2v) is 5.00. The highest BCUT2D eigenvalue weighted by Gasteiger charge is 2.12. The van der Waals surface area contributed by atoms with Crippen LogP contribution in [0.5, 0.6) is 0 Å². The number of ether oxygens (including phenoxy) is 1. The lowest BCUT2D eigenvalue weighted by Crippen LogP contribution is -2.42. The van der Waals surface area contributed by atoms with Gasteiger partial charge in [-0.3, -0.25) is 9.80 Å². The summed E-state index contributed by atoms with van der Waals surface area (Å²) >= 11 is 0. The van der Waals surface area contributed by atoms with E-state index < -0.39 is 0 Å². The monoisotopic (exact) mass is 335 g/mol. The minimum atomic E-state index is 0. The van der Waals surface area contributed by atoms with Crippen LogP contribution >= 0.6 is 24.8 Å². The maximum absolute atomic E-state index is 5.72. The van der Waals surface area contributed by atoms with E-state index in [-0.39, 0.29) is 24.8 Å². The zero-order valence-electron chi connectivity index (χ0n) is 12.4. The Balaban J connectivity index is 0.00000200. The van der Waals surface area contributed by atoms with E-state index in [4.69, 9.17) is 10.5 Å². The third-order valence-electron chi connectivity index (χ3n) is 3.53. The van der Waals surface area contributed by atoms with Gasteiger partial charge in [-0.15, -0.1) is 24.8 Å². The predicted molar refractivity (Wildman–Crippen MR) is 92.5 cm³/mol. The van der Waals surface area contributed by atoms with Crippen molar-refractivity contribution in [3.05, 3.63) is 35.9 Å². The Morgan fingerprint density at radius 2 is 1.71 bits per heavy atom. The highest BCUT2D eigenvalue weighted by Crippen LogP contribution is 2.05. The number of benzene rings is 1. The van der Waals surface area contributed by atoms with E-state index in [0.29, 0.717) is 0 Å². The van der Waals surface area contributed by atoms with Crippen LogP contribution in [0.25, 0.3) is 0 Å². The van der Waals surface area contributed by atoms with Crippen LogP contribution in [0.3, 0.4) is 0 Å². The fraction of sp³-hybridized carbons (Fsp3) is 0.600. The van der Waals surface area contributed by atoms with Gasteiger partial charge in [-0.2, -0.15) is 0 Å². The lowest BCUT2D eigenvalue weighted by atomic mass is 10.2. The first-order valence-corrected chi connectivity index (χ1v) is 7.15. The molecular formula is C15H27Cl2N3O. The van der Waals surface area contributed by atoms with Crippen LogP contribution < -0.4 is 5.73 Å². The van der Waals surface area contributed by atoms with Crippen molar-refractivity contribution in [2.24, 2.45) is 5.73 Å². The van der Waals surface area contributed by atoms with Gasteiger partial charge in [0.15, 0.2) is 0 Å². The number of morpholine rings is 1. The number of rotatable bonds is 7. The largest absolute Gasteiger partial charge is 0.379 e. The molecule has 2 rings (SSSR count). The molecule has 2 N–H and O–H groups in total. The second-order valence-electron chi connectivity index (χ2n) is 5.00. The predicted octanol–water partition coefficient (Wildman–Crippen LogP) is 1.62. The van der Waals surface area contributed by atoms with Crippen molar-refractivity contribution in [3.8, 4) is 0 Å². The molecule has 1 saturated heterocycles. The first-order chi connectivity index (χ1) is 9.38. The van der Waals surface area contributed by atoms with E-state index in [1.165, 1.54) is 5.56 Å². The van der Waals surface area contributed by atoms with Crippen molar-refractivity contribution in [3.63, 3.8) is 0 Å². The number of nitrogens with zero attached hydrogens (tertiary/aromatic N) is 2. The molecule has 1 aromatic carbocycles. The third-order valence-corrected chi connectivity index (χ3v) is 3.53. The SMILES string of the molecule is Cl.Cl.NCCN(CCN1CCOCC1)Cc1ccccc1. The molecule has 1 fully saturated rings. The molecule has 0 radical (unpaired) electrons. The van der Waals surface area contributed by atoms with Gasteiger partial charge in [0, 0.05) is 45.8 Å². The normalized spacial score (nSPS) is 15.3. The van der Waals surface area contributed by atoms with Crippen molar-refractivity contribution >= 4 is 24.8 Å². The minimum Gasteiger partial charge on any atom is -0.379 e. The van der Waals surface area contributed by atoms with Crippen LogP contribution in [0, 0.1) is 0 Å². The van der Waals surface area contributed by atoms with Gasteiger partial charge in [0.1, 0.15) is 0 Å². The number of halogens is 2. The van der Waals surface area contributed by atoms with Crippen molar-refractivity contribution in [1.29, 1.82) is 0 Å². The summed E-state index contributed by atoms with van der Waals surface area (Å²) in [5.74, 6) is 0. The molecule has 0 atom stereocenters. The fourth-order valence-corrected chi connectivity index (χ4v) is 2.40. The Kier molecular flexibility index (Phi) is 12.0. The summed E-state index contributed by atoms with van der Waals surface area (Å²) < 4.78 is 5.37.